The van der Waals surface area contributed by atoms with Gasteiger partial charge in [0.25, 0.3) is 0 Å². The van der Waals surface area contributed by atoms with E-state index in [2.05, 4.69) is 70.5 Å². The van der Waals surface area contributed by atoms with Crippen LogP contribution in [0.5, 0.6) is 0 Å². The van der Waals surface area contributed by atoms with Gasteiger partial charge in [-0.3, -0.25) is 9.89 Å². The van der Waals surface area contributed by atoms with E-state index in [-0.39, 0.29) is 24.0 Å². The largest absolute Gasteiger partial charge is 0.356 e. The van der Waals surface area contributed by atoms with Gasteiger partial charge in [0.1, 0.15) is 0 Å². The van der Waals surface area contributed by atoms with Crippen LogP contribution in [0.25, 0.3) is 0 Å². The summed E-state index contributed by atoms with van der Waals surface area (Å²) in [6.45, 7) is 15.0. The molecule has 2 fully saturated rings. The van der Waals surface area contributed by atoms with Crippen LogP contribution < -0.4 is 10.6 Å². The van der Waals surface area contributed by atoms with E-state index in [1.54, 1.807) is 0 Å². The van der Waals surface area contributed by atoms with Crippen LogP contribution in [0, 0.1) is 18.8 Å². The summed E-state index contributed by atoms with van der Waals surface area (Å²) in [6.07, 6.45) is 5.01. The van der Waals surface area contributed by atoms with Gasteiger partial charge in [-0.15, -0.1) is 24.0 Å². The Balaban J connectivity index is 0.00000341. The van der Waals surface area contributed by atoms with Crippen molar-refractivity contribution >= 4 is 29.9 Å². The molecule has 5 nitrogen and oxygen atoms in total. The van der Waals surface area contributed by atoms with E-state index in [0.29, 0.717) is 6.04 Å². The minimum Gasteiger partial charge on any atom is -0.356 e. The first kappa shape index (κ1) is 26.4. The molecule has 0 bridgehead atoms. The second kappa shape index (κ2) is 13.6. The Hall–Kier alpha value is -0.860. The Morgan fingerprint density at radius 1 is 1.10 bits per heavy atom. The third kappa shape index (κ3) is 8.89. The molecule has 3 rings (SSSR count). The van der Waals surface area contributed by atoms with Crippen molar-refractivity contribution in [1.29, 1.82) is 0 Å². The third-order valence-corrected chi connectivity index (χ3v) is 6.59. The van der Waals surface area contributed by atoms with Crippen molar-refractivity contribution in [1.82, 2.24) is 20.4 Å². The lowest BCUT2D eigenvalue weighted by molar-refractivity contribution is 0.159. The first-order valence-corrected chi connectivity index (χ1v) is 12.0. The molecule has 1 aromatic rings. The maximum absolute atomic E-state index is 4.50. The van der Waals surface area contributed by atoms with Crippen molar-refractivity contribution in [2.75, 3.05) is 46.3 Å². The monoisotopic (exact) mass is 541 g/mol. The number of piperidine rings is 2. The number of nitrogens with one attached hydrogen (secondary N) is 2. The summed E-state index contributed by atoms with van der Waals surface area (Å²) >= 11 is 0. The predicted octanol–water partition coefficient (Wildman–Crippen LogP) is 4.11. The van der Waals surface area contributed by atoms with Gasteiger partial charge in [-0.2, -0.15) is 0 Å². The predicted molar refractivity (Wildman–Crippen MR) is 143 cm³/mol. The summed E-state index contributed by atoms with van der Waals surface area (Å²) in [4.78, 5) is 9.72. The zero-order valence-corrected chi connectivity index (χ0v) is 22.4. The normalized spacial score (nSPS) is 21.7. The van der Waals surface area contributed by atoms with Crippen LogP contribution in [0.15, 0.2) is 29.3 Å². The minimum atomic E-state index is 0. The van der Waals surface area contributed by atoms with E-state index in [1.807, 2.05) is 7.05 Å². The molecule has 0 amide bonds. The fourth-order valence-electron chi connectivity index (χ4n) is 4.89. The average Bonchev–Trinajstić information content (AvgIpc) is 2.74. The maximum Gasteiger partial charge on any atom is 0.191 e. The Labute approximate surface area is 207 Å². The van der Waals surface area contributed by atoms with Gasteiger partial charge in [0.2, 0.25) is 0 Å². The van der Waals surface area contributed by atoms with Gasteiger partial charge >= 0.3 is 0 Å². The molecule has 0 saturated carbocycles. The fraction of sp³-hybridized carbons (Fsp3) is 0.720. The molecule has 176 valence electrons. The van der Waals surface area contributed by atoms with Gasteiger partial charge in [-0.05, 0) is 62.1 Å². The standard InChI is InChI=1S/C25H43N5.HI/c1-20(2)17-30-13-7-9-22(18-30)16-27-25(26-4)28-24-11-14-29(15-12-24)19-23-10-6-5-8-21(23)3;/h5-6,8,10,20,22,24H,7,9,11-19H2,1-4H3,(H2,26,27,28);1H. The van der Waals surface area contributed by atoms with Crippen LogP contribution in [0.2, 0.25) is 0 Å². The molecule has 0 spiro atoms. The number of hydrogen-bond acceptors (Lipinski definition) is 3. The molecule has 1 aromatic carbocycles. The smallest absolute Gasteiger partial charge is 0.191 e. The summed E-state index contributed by atoms with van der Waals surface area (Å²) in [7, 11) is 1.90. The highest BCUT2D eigenvalue weighted by molar-refractivity contribution is 14.0. The average molecular weight is 542 g/mol. The van der Waals surface area contributed by atoms with Crippen LogP contribution in [-0.4, -0.2) is 68.1 Å². The Morgan fingerprint density at radius 2 is 1.84 bits per heavy atom. The molecule has 0 aliphatic carbocycles. The van der Waals surface area contributed by atoms with E-state index < -0.39 is 0 Å². The number of aryl methyl sites for hydroxylation is 1. The Bertz CT molecular complexity index is 670. The molecule has 2 aliphatic heterocycles. The lowest BCUT2D eigenvalue weighted by atomic mass is 9.97. The second-order valence-electron chi connectivity index (χ2n) is 9.74. The number of rotatable bonds is 7. The molecule has 31 heavy (non-hydrogen) atoms. The Kier molecular flexibility index (Phi) is 11.6. The number of nitrogens with zero attached hydrogens (tertiary/aromatic N) is 3. The molecule has 2 saturated heterocycles. The van der Waals surface area contributed by atoms with Gasteiger partial charge in [-0.25, -0.2) is 0 Å². The van der Waals surface area contributed by atoms with Crippen LogP contribution in [0.1, 0.15) is 50.7 Å². The quantitative estimate of drug-likeness (QED) is 0.310. The zero-order valence-electron chi connectivity index (χ0n) is 20.1. The minimum absolute atomic E-state index is 0. The first-order valence-electron chi connectivity index (χ1n) is 12.0. The number of hydrogen-bond donors (Lipinski definition) is 2. The molecule has 1 unspecified atom stereocenters. The highest BCUT2D eigenvalue weighted by Crippen LogP contribution is 2.18. The van der Waals surface area contributed by atoms with E-state index in [1.165, 1.54) is 56.4 Å². The summed E-state index contributed by atoms with van der Waals surface area (Å²) < 4.78 is 0. The van der Waals surface area contributed by atoms with Gasteiger partial charge < -0.3 is 15.5 Å². The highest BCUT2D eigenvalue weighted by Gasteiger charge is 2.22. The maximum atomic E-state index is 4.50. The fourth-order valence-corrected chi connectivity index (χ4v) is 4.89. The van der Waals surface area contributed by atoms with Crippen LogP contribution in [-0.2, 0) is 6.54 Å². The second-order valence-corrected chi connectivity index (χ2v) is 9.74. The zero-order chi connectivity index (χ0) is 21.3. The SMILES string of the molecule is CN=C(NCC1CCCN(CC(C)C)C1)NC1CCN(Cc2ccccc2C)CC1.I. The lowest BCUT2D eigenvalue weighted by Gasteiger charge is -2.35. The van der Waals surface area contributed by atoms with E-state index >= 15 is 0 Å². The molecule has 2 N–H and O–H groups in total. The van der Waals surface area contributed by atoms with Crippen molar-refractivity contribution < 1.29 is 0 Å². The van der Waals surface area contributed by atoms with Crippen LogP contribution in [0.3, 0.4) is 0 Å². The van der Waals surface area contributed by atoms with Crippen molar-refractivity contribution in [3.8, 4) is 0 Å². The molecule has 2 aliphatic rings. The topological polar surface area (TPSA) is 42.9 Å². The summed E-state index contributed by atoms with van der Waals surface area (Å²) in [5, 5.41) is 7.30. The van der Waals surface area contributed by atoms with Crippen LogP contribution in [0.4, 0.5) is 0 Å². The number of likely N-dealkylation sites (tertiary alicyclic amines) is 2. The summed E-state index contributed by atoms with van der Waals surface area (Å²) in [5.41, 5.74) is 2.86. The number of halogens is 1. The van der Waals surface area contributed by atoms with E-state index in [9.17, 15) is 0 Å². The molecule has 0 radical (unpaired) electrons. The van der Waals surface area contributed by atoms with Crippen molar-refractivity contribution in [2.45, 2.75) is 59.0 Å². The summed E-state index contributed by atoms with van der Waals surface area (Å²) in [6, 6.07) is 9.28. The van der Waals surface area contributed by atoms with Gasteiger partial charge in [0, 0.05) is 52.4 Å². The molecular weight excluding hydrogens is 497 g/mol. The van der Waals surface area contributed by atoms with Crippen LogP contribution >= 0.6 is 24.0 Å². The molecule has 1 atom stereocenters. The molecule has 6 heteroatoms. The summed E-state index contributed by atoms with van der Waals surface area (Å²) in [5.74, 6) is 2.46. The van der Waals surface area contributed by atoms with Crippen molar-refractivity contribution in [2.24, 2.45) is 16.8 Å². The highest BCUT2D eigenvalue weighted by atomic mass is 127. The number of guanidine groups is 1. The molecule has 2 heterocycles. The van der Waals surface area contributed by atoms with Crippen molar-refractivity contribution in [3.63, 3.8) is 0 Å². The Morgan fingerprint density at radius 3 is 2.52 bits per heavy atom. The van der Waals surface area contributed by atoms with E-state index in [4.69, 9.17) is 0 Å². The van der Waals surface area contributed by atoms with Gasteiger partial charge in [0.15, 0.2) is 5.96 Å². The molecular formula is C25H44IN5. The first-order chi connectivity index (χ1) is 14.5. The number of benzene rings is 1. The lowest BCUT2D eigenvalue weighted by Crippen LogP contribution is -2.50. The van der Waals surface area contributed by atoms with E-state index in [0.717, 1.165) is 44.0 Å². The third-order valence-electron chi connectivity index (χ3n) is 6.59. The molecule has 0 aromatic heterocycles. The van der Waals surface area contributed by atoms with Crippen molar-refractivity contribution in [3.05, 3.63) is 35.4 Å². The van der Waals surface area contributed by atoms with Gasteiger partial charge in [-0.1, -0.05) is 38.1 Å². The van der Waals surface area contributed by atoms with Gasteiger partial charge in [0.05, 0.1) is 0 Å². The number of aliphatic imine (C=N–C) groups is 1.